The number of amides is 2. The number of carbonyl (C=O) groups is 2. The standard InChI is InChI=1S/C24H22BrN5O4/c1-22(2)23(3)10-11-24(22,21(32)29-28-20(31)14-6-4-5-7-15(14)25)19-18(23)26-16-9-8-13(30(33)34)12-17(16)27-19/h4-9,12H,10-11H2,1-3H3,(H,28,31)(H,29,32). The van der Waals surface area contributed by atoms with E-state index in [1.165, 1.54) is 12.1 Å². The number of carbonyl (C=O) groups excluding carboxylic acids is 2. The van der Waals surface area contributed by atoms with E-state index in [2.05, 4.69) is 33.7 Å². The van der Waals surface area contributed by atoms with Crippen molar-refractivity contribution in [1.29, 1.82) is 0 Å². The van der Waals surface area contributed by atoms with Crippen LogP contribution < -0.4 is 10.9 Å². The highest BCUT2D eigenvalue weighted by molar-refractivity contribution is 9.10. The van der Waals surface area contributed by atoms with Crippen molar-refractivity contribution in [2.75, 3.05) is 0 Å². The van der Waals surface area contributed by atoms with E-state index in [9.17, 15) is 19.7 Å². The van der Waals surface area contributed by atoms with Crippen molar-refractivity contribution in [2.45, 2.75) is 44.4 Å². The van der Waals surface area contributed by atoms with Crippen molar-refractivity contribution in [3.63, 3.8) is 0 Å². The van der Waals surface area contributed by atoms with Crippen LogP contribution in [0.3, 0.4) is 0 Å². The Morgan fingerprint density at radius 2 is 1.71 bits per heavy atom. The molecule has 34 heavy (non-hydrogen) atoms. The smallest absolute Gasteiger partial charge is 0.271 e. The van der Waals surface area contributed by atoms with E-state index < -0.39 is 27.1 Å². The molecule has 0 spiro atoms. The molecule has 9 nitrogen and oxygen atoms in total. The Labute approximate surface area is 203 Å². The van der Waals surface area contributed by atoms with Crippen LogP contribution >= 0.6 is 15.9 Å². The van der Waals surface area contributed by atoms with Crippen molar-refractivity contribution in [1.82, 2.24) is 20.8 Å². The van der Waals surface area contributed by atoms with Gasteiger partial charge in [0.05, 0.1) is 32.9 Å². The van der Waals surface area contributed by atoms with Gasteiger partial charge in [0.2, 0.25) is 0 Å². The van der Waals surface area contributed by atoms with E-state index in [0.717, 1.165) is 12.1 Å². The summed E-state index contributed by atoms with van der Waals surface area (Å²) in [5.74, 6) is -0.825. The first-order valence-electron chi connectivity index (χ1n) is 10.9. The minimum atomic E-state index is -1.05. The van der Waals surface area contributed by atoms with E-state index in [1.807, 2.05) is 13.8 Å². The number of aromatic nitrogens is 2. The second-order valence-electron chi connectivity index (χ2n) is 9.60. The lowest BCUT2D eigenvalue weighted by Gasteiger charge is -2.39. The van der Waals surface area contributed by atoms with Gasteiger partial charge in [0.25, 0.3) is 17.5 Å². The number of benzene rings is 2. The van der Waals surface area contributed by atoms with Crippen LogP contribution in [0.25, 0.3) is 11.0 Å². The van der Waals surface area contributed by atoms with Gasteiger partial charge in [0.15, 0.2) is 0 Å². The lowest BCUT2D eigenvalue weighted by atomic mass is 9.63. The van der Waals surface area contributed by atoms with E-state index in [-0.39, 0.29) is 11.6 Å². The van der Waals surface area contributed by atoms with Crippen molar-refractivity contribution >= 4 is 44.5 Å². The van der Waals surface area contributed by atoms with Crippen LogP contribution in [0, 0.1) is 15.5 Å². The zero-order valence-electron chi connectivity index (χ0n) is 18.8. The van der Waals surface area contributed by atoms with Crippen molar-refractivity contribution < 1.29 is 14.5 Å². The molecular formula is C24H22BrN5O4. The molecule has 2 aromatic carbocycles. The van der Waals surface area contributed by atoms with Crippen molar-refractivity contribution in [3.8, 4) is 0 Å². The second kappa shape index (κ2) is 7.30. The van der Waals surface area contributed by atoms with Gasteiger partial charge >= 0.3 is 0 Å². The number of nitro benzene ring substituents is 1. The first-order valence-corrected chi connectivity index (χ1v) is 11.6. The van der Waals surface area contributed by atoms with Gasteiger partial charge in [0, 0.05) is 22.0 Å². The van der Waals surface area contributed by atoms with Crippen LogP contribution in [-0.4, -0.2) is 26.7 Å². The normalized spacial score (nSPS) is 24.0. The number of hydrogen-bond donors (Lipinski definition) is 2. The fourth-order valence-corrected chi connectivity index (χ4v) is 6.10. The van der Waals surface area contributed by atoms with Crippen molar-refractivity contribution in [3.05, 3.63) is 74.0 Å². The summed E-state index contributed by atoms with van der Waals surface area (Å²) in [7, 11) is 0. The molecule has 2 atom stereocenters. The van der Waals surface area contributed by atoms with Gasteiger partial charge in [-0.3, -0.25) is 30.6 Å². The molecule has 2 unspecified atom stereocenters. The number of nitrogens with one attached hydrogen (secondary N) is 2. The van der Waals surface area contributed by atoms with Gasteiger partial charge in [-0.1, -0.05) is 32.9 Å². The van der Waals surface area contributed by atoms with Gasteiger partial charge in [-0.25, -0.2) is 9.97 Å². The Bertz CT molecular complexity index is 1410. The van der Waals surface area contributed by atoms with Gasteiger partial charge in [-0.05, 0) is 52.4 Å². The summed E-state index contributed by atoms with van der Waals surface area (Å²) in [6, 6.07) is 11.3. The molecule has 3 aromatic rings. The first-order chi connectivity index (χ1) is 16.0. The highest BCUT2D eigenvalue weighted by atomic mass is 79.9. The summed E-state index contributed by atoms with van der Waals surface area (Å²) in [4.78, 5) is 46.8. The Morgan fingerprint density at radius 1 is 1.00 bits per heavy atom. The van der Waals surface area contributed by atoms with E-state index >= 15 is 0 Å². The van der Waals surface area contributed by atoms with Crippen LogP contribution in [-0.2, 0) is 15.6 Å². The summed E-state index contributed by atoms with van der Waals surface area (Å²) in [6.45, 7) is 6.12. The molecule has 2 aliphatic rings. The number of nitro groups is 1. The monoisotopic (exact) mass is 523 g/mol. The number of halogens is 1. The number of hydrogen-bond acceptors (Lipinski definition) is 6. The van der Waals surface area contributed by atoms with Crippen LogP contribution in [0.5, 0.6) is 0 Å². The molecule has 2 amide bonds. The highest BCUT2D eigenvalue weighted by Gasteiger charge is 2.73. The number of rotatable bonds is 3. The molecular weight excluding hydrogens is 502 g/mol. The lowest BCUT2D eigenvalue weighted by molar-refractivity contribution is -0.384. The van der Waals surface area contributed by atoms with Crippen LogP contribution in [0.4, 0.5) is 5.69 Å². The maximum Gasteiger partial charge on any atom is 0.271 e. The molecule has 1 aromatic heterocycles. The van der Waals surface area contributed by atoms with Crippen LogP contribution in [0.2, 0.25) is 0 Å². The zero-order chi connectivity index (χ0) is 24.5. The average Bonchev–Trinajstić information content (AvgIpc) is 3.10. The molecule has 5 rings (SSSR count). The Kier molecular flexibility index (Phi) is 4.81. The molecule has 1 saturated carbocycles. The minimum absolute atomic E-state index is 0.0884. The van der Waals surface area contributed by atoms with Gasteiger partial charge < -0.3 is 0 Å². The predicted molar refractivity (Wildman–Crippen MR) is 128 cm³/mol. The molecule has 2 bridgehead atoms. The highest BCUT2D eigenvalue weighted by Crippen LogP contribution is 2.70. The first kappa shape index (κ1) is 22.4. The minimum Gasteiger partial charge on any atom is -0.272 e. The summed E-state index contributed by atoms with van der Waals surface area (Å²) >= 11 is 3.35. The molecule has 0 aliphatic heterocycles. The van der Waals surface area contributed by atoms with Crippen LogP contribution in [0.15, 0.2) is 46.9 Å². The molecule has 0 saturated heterocycles. The summed E-state index contributed by atoms with van der Waals surface area (Å²) in [5, 5.41) is 11.3. The third-order valence-electron chi connectivity index (χ3n) is 8.03. The van der Waals surface area contributed by atoms with Crippen LogP contribution in [0.1, 0.15) is 55.4 Å². The topological polar surface area (TPSA) is 127 Å². The lowest BCUT2D eigenvalue weighted by Crippen LogP contribution is -2.55. The summed E-state index contributed by atoms with van der Waals surface area (Å²) in [6.07, 6.45) is 1.25. The van der Waals surface area contributed by atoms with Crippen molar-refractivity contribution in [2.24, 2.45) is 5.41 Å². The average molecular weight is 524 g/mol. The second-order valence-corrected chi connectivity index (χ2v) is 10.5. The molecule has 2 N–H and O–H groups in total. The third-order valence-corrected chi connectivity index (χ3v) is 8.72. The number of fused-ring (bicyclic) bond motifs is 6. The fourth-order valence-electron chi connectivity index (χ4n) is 5.64. The van der Waals surface area contributed by atoms with Gasteiger partial charge in [-0.15, -0.1) is 0 Å². The van der Waals surface area contributed by atoms with E-state index in [0.29, 0.717) is 33.2 Å². The largest absolute Gasteiger partial charge is 0.272 e. The molecule has 1 heterocycles. The quantitative estimate of drug-likeness (QED) is 0.393. The molecule has 10 heteroatoms. The maximum atomic E-state index is 13.8. The number of nitrogens with zero attached hydrogens (tertiary/aromatic N) is 3. The summed E-state index contributed by atoms with van der Waals surface area (Å²) in [5.41, 5.74) is 5.59. The Hall–Kier alpha value is -3.40. The Balaban J connectivity index is 1.56. The van der Waals surface area contributed by atoms with E-state index in [4.69, 9.17) is 9.97 Å². The molecule has 174 valence electrons. The third kappa shape index (κ3) is 2.78. The van der Waals surface area contributed by atoms with Gasteiger partial charge in [-0.2, -0.15) is 0 Å². The fraction of sp³-hybridized carbons (Fsp3) is 0.333. The van der Waals surface area contributed by atoms with E-state index in [1.54, 1.807) is 30.3 Å². The predicted octanol–water partition coefficient (Wildman–Crippen LogP) is 4.09. The molecule has 2 aliphatic carbocycles. The zero-order valence-corrected chi connectivity index (χ0v) is 20.4. The molecule has 1 fully saturated rings. The van der Waals surface area contributed by atoms with Gasteiger partial charge in [0.1, 0.15) is 5.41 Å². The Morgan fingerprint density at radius 3 is 2.41 bits per heavy atom. The SMILES string of the molecule is CC12CCC(C(=O)NNC(=O)c3ccccc3Br)(c3nc4cc([N+](=O)[O-])ccc4nc31)C2(C)C. The maximum absolute atomic E-state index is 13.8. The number of non-ortho nitro benzene ring substituents is 1. The number of hydrazine groups is 1. The molecule has 0 radical (unpaired) electrons. The summed E-state index contributed by atoms with van der Waals surface area (Å²) < 4.78 is 0.610.